The average molecular weight is 720 g/mol. The smallest absolute Gasteiger partial charge is 0.167 e. The van der Waals surface area contributed by atoms with Gasteiger partial charge in [0, 0.05) is 22.1 Å². The van der Waals surface area contributed by atoms with E-state index >= 15 is 0 Å². The fourth-order valence-corrected chi connectivity index (χ4v) is 13.5. The molecule has 0 amide bonds. The zero-order valence-corrected chi connectivity index (χ0v) is 30.9. The van der Waals surface area contributed by atoms with Crippen LogP contribution in [0, 0.1) is 23.2 Å². The lowest BCUT2D eigenvalue weighted by Gasteiger charge is -2.66. The van der Waals surface area contributed by atoms with Crippen molar-refractivity contribution in [2.75, 3.05) is 0 Å². The van der Waals surface area contributed by atoms with Gasteiger partial charge in [0.05, 0.1) is 11.0 Å². The van der Waals surface area contributed by atoms with E-state index in [-0.39, 0.29) is 5.41 Å². The molecular formula is C52H37N3O. The number of nitrogens with zero attached hydrogens (tertiary/aromatic N) is 3. The molecule has 3 unspecified atom stereocenters. The molecule has 5 atom stereocenters. The fourth-order valence-electron chi connectivity index (χ4n) is 13.5. The van der Waals surface area contributed by atoms with E-state index in [9.17, 15) is 0 Å². The molecule has 2 bridgehead atoms. The third-order valence-corrected chi connectivity index (χ3v) is 15.6. The summed E-state index contributed by atoms with van der Waals surface area (Å²) in [5.74, 6) is 6.70. The van der Waals surface area contributed by atoms with Gasteiger partial charge >= 0.3 is 0 Å². The zero-order chi connectivity index (χ0) is 36.4. The summed E-state index contributed by atoms with van der Waals surface area (Å²) in [4.78, 5) is 16.8. The molecule has 4 heteroatoms. The van der Waals surface area contributed by atoms with Crippen molar-refractivity contribution < 1.29 is 4.74 Å². The molecule has 4 fully saturated rings. The Morgan fingerprint density at radius 3 is 1.80 bits per heavy atom. The molecule has 0 saturated heterocycles. The Hall–Kier alpha value is -6.13. The highest BCUT2D eigenvalue weighted by molar-refractivity contribution is 6.13. The number of ether oxygens (including phenoxy) is 1. The van der Waals surface area contributed by atoms with Crippen LogP contribution in [0.2, 0.25) is 0 Å². The van der Waals surface area contributed by atoms with E-state index in [1.807, 2.05) is 0 Å². The Morgan fingerprint density at radius 2 is 1.07 bits per heavy atom. The minimum absolute atomic E-state index is 0.00741. The molecule has 1 aromatic heterocycles. The highest BCUT2D eigenvalue weighted by atomic mass is 16.5. The standard InChI is InChI=1S/C52H37N3O/c1-2-13-34-30(12-1)24-40(36-15-4-3-14-35(34)36)48-53-47(54-49(55-48)50-27-32-25-31-26-33(28-50)51(31,32)29-50)39-18-11-22-44-46(39)56-45-23-10-9-21-43(45)52(44)41-19-7-5-16-37(41)38-17-6-8-20-42(38)52/h1-24,31-33H,25-29H2/t31-,32-,33?,50?,51?/m0/s1. The van der Waals surface area contributed by atoms with Gasteiger partial charge in [-0.2, -0.15) is 0 Å². The lowest BCUT2D eigenvalue weighted by atomic mass is 9.38. The van der Waals surface area contributed by atoms with E-state index in [1.165, 1.54) is 75.9 Å². The summed E-state index contributed by atoms with van der Waals surface area (Å²) in [6.45, 7) is 0. The van der Waals surface area contributed by atoms with Crippen LogP contribution < -0.4 is 4.74 Å². The van der Waals surface area contributed by atoms with Crippen molar-refractivity contribution in [1.82, 2.24) is 15.0 Å². The number of benzene rings is 7. The summed E-state index contributed by atoms with van der Waals surface area (Å²) in [5.41, 5.74) is 9.36. The van der Waals surface area contributed by atoms with Crippen molar-refractivity contribution in [1.29, 1.82) is 0 Å². The molecular weight excluding hydrogens is 683 g/mol. The van der Waals surface area contributed by atoms with Crippen molar-refractivity contribution in [3.05, 3.63) is 174 Å². The molecule has 2 heterocycles. The van der Waals surface area contributed by atoms with Gasteiger partial charge in [0.1, 0.15) is 17.3 Å². The first kappa shape index (κ1) is 30.1. The van der Waals surface area contributed by atoms with Gasteiger partial charge in [-0.3, -0.25) is 0 Å². The highest BCUT2D eigenvalue weighted by Gasteiger charge is 2.78. The molecule has 6 aliphatic rings. The maximum Gasteiger partial charge on any atom is 0.167 e. The molecule has 14 rings (SSSR count). The number of hydrogen-bond donors (Lipinski definition) is 0. The van der Waals surface area contributed by atoms with Crippen molar-refractivity contribution in [3.63, 3.8) is 0 Å². The maximum absolute atomic E-state index is 7.14. The summed E-state index contributed by atoms with van der Waals surface area (Å²) >= 11 is 0. The second-order valence-electron chi connectivity index (χ2n) is 17.7. The largest absolute Gasteiger partial charge is 0.456 e. The minimum atomic E-state index is -0.553. The van der Waals surface area contributed by atoms with Gasteiger partial charge < -0.3 is 4.74 Å². The van der Waals surface area contributed by atoms with Crippen molar-refractivity contribution in [2.45, 2.75) is 42.9 Å². The van der Waals surface area contributed by atoms with E-state index in [0.717, 1.165) is 63.2 Å². The summed E-state index contributed by atoms with van der Waals surface area (Å²) in [6, 6.07) is 52.9. The number of para-hydroxylation sites is 2. The average Bonchev–Trinajstić information content (AvgIpc) is 3.85. The van der Waals surface area contributed by atoms with Gasteiger partial charge in [-0.1, -0.05) is 127 Å². The van der Waals surface area contributed by atoms with Crippen LogP contribution in [0.25, 0.3) is 55.4 Å². The van der Waals surface area contributed by atoms with Crippen molar-refractivity contribution in [2.24, 2.45) is 23.2 Å². The van der Waals surface area contributed by atoms with Crippen LogP contribution in [-0.2, 0) is 10.8 Å². The highest BCUT2D eigenvalue weighted by Crippen LogP contribution is 2.84. The Morgan fingerprint density at radius 1 is 0.482 bits per heavy atom. The van der Waals surface area contributed by atoms with Crippen molar-refractivity contribution in [3.8, 4) is 45.4 Å². The number of rotatable bonds is 3. The normalized spacial score (nSPS) is 26.1. The third kappa shape index (κ3) is 3.44. The third-order valence-electron chi connectivity index (χ3n) is 15.6. The molecule has 0 N–H and O–H groups in total. The van der Waals surface area contributed by atoms with E-state index in [1.54, 1.807) is 0 Å². The summed E-state index contributed by atoms with van der Waals surface area (Å²) in [5, 5.41) is 4.83. The van der Waals surface area contributed by atoms with E-state index < -0.39 is 5.41 Å². The Labute approximate surface area is 325 Å². The lowest BCUT2D eigenvalue weighted by Crippen LogP contribution is -2.59. The van der Waals surface area contributed by atoms with Crippen LogP contribution in [0.15, 0.2) is 146 Å². The molecule has 56 heavy (non-hydrogen) atoms. The summed E-state index contributed by atoms with van der Waals surface area (Å²) in [6.07, 6.45) is 6.42. The monoisotopic (exact) mass is 719 g/mol. The van der Waals surface area contributed by atoms with Crippen molar-refractivity contribution >= 4 is 21.5 Å². The van der Waals surface area contributed by atoms with Crippen LogP contribution in [-0.4, -0.2) is 15.0 Å². The lowest BCUT2D eigenvalue weighted by molar-refractivity contribution is -0.175. The summed E-state index contributed by atoms with van der Waals surface area (Å²) in [7, 11) is 0. The van der Waals surface area contributed by atoms with Gasteiger partial charge in [-0.15, -0.1) is 0 Å². The molecule has 4 saturated carbocycles. The minimum Gasteiger partial charge on any atom is -0.456 e. The molecule has 8 aromatic rings. The molecule has 266 valence electrons. The molecule has 7 aromatic carbocycles. The first-order valence-corrected chi connectivity index (χ1v) is 20.4. The van der Waals surface area contributed by atoms with Crippen LogP contribution in [0.5, 0.6) is 11.5 Å². The topological polar surface area (TPSA) is 47.9 Å². The van der Waals surface area contributed by atoms with Crippen LogP contribution in [0.1, 0.15) is 60.2 Å². The molecule has 0 radical (unpaired) electrons. The van der Waals surface area contributed by atoms with Gasteiger partial charge in [0.25, 0.3) is 0 Å². The number of hydrogen-bond acceptors (Lipinski definition) is 4. The quantitative estimate of drug-likeness (QED) is 0.171. The predicted molar refractivity (Wildman–Crippen MR) is 221 cm³/mol. The van der Waals surface area contributed by atoms with Crippen LogP contribution in [0.3, 0.4) is 0 Å². The second-order valence-corrected chi connectivity index (χ2v) is 17.7. The van der Waals surface area contributed by atoms with Gasteiger partial charge in [0.15, 0.2) is 11.6 Å². The van der Waals surface area contributed by atoms with Gasteiger partial charge in [0.2, 0.25) is 0 Å². The maximum atomic E-state index is 7.14. The van der Waals surface area contributed by atoms with Crippen LogP contribution in [0.4, 0.5) is 0 Å². The zero-order valence-electron chi connectivity index (χ0n) is 30.9. The predicted octanol–water partition coefficient (Wildman–Crippen LogP) is 12.1. The first-order chi connectivity index (χ1) is 27.7. The SMILES string of the molecule is c1ccc2c(c1)Oc1c(-c3nc(-c4cc5ccccc5c5ccccc45)nc(C45CC6C[C@@H]7C[C@@H](C4)C67C5)n3)cccc1C21c2ccccc2-c2ccccc21. The van der Waals surface area contributed by atoms with E-state index in [0.29, 0.717) is 11.2 Å². The first-order valence-electron chi connectivity index (χ1n) is 20.4. The second kappa shape index (κ2) is 10.2. The van der Waals surface area contributed by atoms with E-state index in [2.05, 4.69) is 146 Å². The fraction of sp³-hybridized carbons (Fsp3) is 0.212. The number of aromatic nitrogens is 3. The Balaban J connectivity index is 1.05. The van der Waals surface area contributed by atoms with E-state index in [4.69, 9.17) is 19.7 Å². The summed E-state index contributed by atoms with van der Waals surface area (Å²) < 4.78 is 7.14. The molecule has 5 aliphatic carbocycles. The molecule has 4 nitrogen and oxygen atoms in total. The van der Waals surface area contributed by atoms with Gasteiger partial charge in [-0.25, -0.2) is 15.0 Å². The number of fused-ring (bicyclic) bond motifs is 13. The molecule has 2 spiro atoms. The van der Waals surface area contributed by atoms with Crippen LogP contribution >= 0.6 is 0 Å². The Kier molecular flexibility index (Phi) is 5.48. The van der Waals surface area contributed by atoms with Gasteiger partial charge in [-0.05, 0) is 117 Å². The molecule has 1 aliphatic heterocycles. The Bertz CT molecular complexity index is 2990.